The highest BCUT2D eigenvalue weighted by Crippen LogP contribution is 2.20. The van der Waals surface area contributed by atoms with Gasteiger partial charge in [0.25, 0.3) is 0 Å². The first-order chi connectivity index (χ1) is 12.3. The molecule has 0 unspecified atom stereocenters. The summed E-state index contributed by atoms with van der Waals surface area (Å²) >= 11 is 0. The van der Waals surface area contributed by atoms with Gasteiger partial charge in [-0.05, 0) is 42.3 Å². The van der Waals surface area contributed by atoms with E-state index in [0.29, 0.717) is 13.2 Å². The van der Waals surface area contributed by atoms with E-state index in [0.717, 1.165) is 29.3 Å². The van der Waals surface area contributed by atoms with Crippen molar-refractivity contribution in [1.29, 1.82) is 0 Å². The average Bonchev–Trinajstić information content (AvgIpc) is 2.67. The van der Waals surface area contributed by atoms with Crippen molar-refractivity contribution in [2.45, 2.75) is 20.1 Å². The number of rotatable bonds is 8. The topological polar surface area (TPSA) is 30.5 Å². The van der Waals surface area contributed by atoms with Crippen molar-refractivity contribution in [3.63, 3.8) is 0 Å². The summed E-state index contributed by atoms with van der Waals surface area (Å²) in [5.41, 5.74) is 3.38. The molecule has 0 fully saturated rings. The second-order valence-electron chi connectivity index (χ2n) is 5.74. The highest BCUT2D eigenvalue weighted by atomic mass is 16.5. The molecule has 0 atom stereocenters. The Morgan fingerprint density at radius 3 is 2.24 bits per heavy atom. The summed E-state index contributed by atoms with van der Waals surface area (Å²) in [7, 11) is 0. The maximum absolute atomic E-state index is 5.88. The predicted octanol–water partition coefficient (Wildman–Crippen LogP) is 5.28. The third-order valence-electron chi connectivity index (χ3n) is 3.79. The summed E-state index contributed by atoms with van der Waals surface area (Å²) in [6, 6.07) is 26.4. The lowest BCUT2D eigenvalue weighted by atomic mass is 10.2. The number of hydrogen-bond donors (Lipinski definition) is 1. The van der Waals surface area contributed by atoms with Gasteiger partial charge in [0.05, 0.1) is 6.61 Å². The molecule has 0 saturated carbocycles. The molecule has 0 spiro atoms. The third-order valence-corrected chi connectivity index (χ3v) is 3.79. The Bertz CT molecular complexity index is 787. The fourth-order valence-corrected chi connectivity index (χ4v) is 2.55. The van der Waals surface area contributed by atoms with Crippen LogP contribution in [0.3, 0.4) is 0 Å². The van der Waals surface area contributed by atoms with E-state index in [9.17, 15) is 0 Å². The molecular weight excluding hydrogens is 310 g/mol. The molecule has 3 heteroatoms. The minimum Gasteiger partial charge on any atom is -0.494 e. The molecule has 0 aliphatic carbocycles. The van der Waals surface area contributed by atoms with Gasteiger partial charge in [-0.1, -0.05) is 48.5 Å². The normalized spacial score (nSPS) is 10.3. The van der Waals surface area contributed by atoms with Crippen LogP contribution in [-0.2, 0) is 13.2 Å². The van der Waals surface area contributed by atoms with Crippen LogP contribution in [0.2, 0.25) is 0 Å². The van der Waals surface area contributed by atoms with Crippen molar-refractivity contribution in [2.24, 2.45) is 0 Å². The lowest BCUT2D eigenvalue weighted by molar-refractivity contribution is 0.306. The first-order valence-electron chi connectivity index (χ1n) is 8.56. The maximum atomic E-state index is 5.88. The Morgan fingerprint density at radius 2 is 1.44 bits per heavy atom. The van der Waals surface area contributed by atoms with Crippen LogP contribution < -0.4 is 14.8 Å². The van der Waals surface area contributed by atoms with Crippen LogP contribution in [0.1, 0.15) is 18.1 Å². The van der Waals surface area contributed by atoms with E-state index < -0.39 is 0 Å². The average molecular weight is 333 g/mol. The van der Waals surface area contributed by atoms with Crippen LogP contribution in [0.15, 0.2) is 78.9 Å². The van der Waals surface area contributed by atoms with Crippen molar-refractivity contribution in [3.8, 4) is 11.5 Å². The van der Waals surface area contributed by atoms with Gasteiger partial charge in [-0.25, -0.2) is 0 Å². The molecule has 0 heterocycles. The fraction of sp³-hybridized carbons (Fsp3) is 0.182. The van der Waals surface area contributed by atoms with Crippen LogP contribution in [0.25, 0.3) is 0 Å². The molecule has 0 aliphatic heterocycles. The Labute approximate surface area is 149 Å². The van der Waals surface area contributed by atoms with E-state index in [4.69, 9.17) is 9.47 Å². The van der Waals surface area contributed by atoms with Gasteiger partial charge in [0.1, 0.15) is 18.1 Å². The zero-order valence-electron chi connectivity index (χ0n) is 14.4. The fourth-order valence-electron chi connectivity index (χ4n) is 2.55. The van der Waals surface area contributed by atoms with Gasteiger partial charge < -0.3 is 14.8 Å². The second-order valence-corrected chi connectivity index (χ2v) is 5.74. The van der Waals surface area contributed by atoms with E-state index in [2.05, 4.69) is 29.6 Å². The Balaban J connectivity index is 1.57. The van der Waals surface area contributed by atoms with Gasteiger partial charge in [0, 0.05) is 18.3 Å². The number of benzene rings is 3. The second kappa shape index (κ2) is 8.78. The molecule has 3 rings (SSSR count). The quantitative estimate of drug-likeness (QED) is 0.608. The molecule has 0 radical (unpaired) electrons. The smallest absolute Gasteiger partial charge is 0.121 e. The molecule has 128 valence electrons. The zero-order valence-corrected chi connectivity index (χ0v) is 14.4. The van der Waals surface area contributed by atoms with Gasteiger partial charge in [-0.2, -0.15) is 0 Å². The van der Waals surface area contributed by atoms with E-state index in [1.165, 1.54) is 5.56 Å². The number of anilines is 1. The molecule has 0 saturated heterocycles. The molecule has 3 aromatic carbocycles. The molecule has 3 aromatic rings. The summed E-state index contributed by atoms with van der Waals surface area (Å²) in [5, 5.41) is 3.43. The Hall–Kier alpha value is -2.94. The minimum absolute atomic E-state index is 0.570. The lowest BCUT2D eigenvalue weighted by Crippen LogP contribution is -2.01. The highest BCUT2D eigenvalue weighted by molar-refractivity contribution is 5.48. The van der Waals surface area contributed by atoms with E-state index in [1.807, 2.05) is 61.5 Å². The molecule has 3 nitrogen and oxygen atoms in total. The number of ether oxygens (including phenoxy) is 2. The molecule has 1 N–H and O–H groups in total. The summed E-state index contributed by atoms with van der Waals surface area (Å²) in [6.45, 7) is 3.98. The van der Waals surface area contributed by atoms with E-state index in [-0.39, 0.29) is 0 Å². The van der Waals surface area contributed by atoms with Crippen molar-refractivity contribution in [3.05, 3.63) is 90.0 Å². The lowest BCUT2D eigenvalue weighted by Gasteiger charge is -2.11. The molecular formula is C22H23NO2. The molecule has 25 heavy (non-hydrogen) atoms. The molecule has 0 bridgehead atoms. The van der Waals surface area contributed by atoms with Gasteiger partial charge >= 0.3 is 0 Å². The predicted molar refractivity (Wildman–Crippen MR) is 102 cm³/mol. The summed E-state index contributed by atoms with van der Waals surface area (Å²) < 4.78 is 11.4. The van der Waals surface area contributed by atoms with Gasteiger partial charge in [0.15, 0.2) is 0 Å². The summed E-state index contributed by atoms with van der Waals surface area (Å²) in [5.74, 6) is 1.76. The maximum Gasteiger partial charge on any atom is 0.121 e. The Kier molecular flexibility index (Phi) is 5.94. The standard InChI is InChI=1S/C22H23NO2/c1-2-24-21-12-6-10-19(14-21)16-23-20-11-7-13-22(15-20)25-17-18-8-4-3-5-9-18/h3-15,23H,2,16-17H2,1H3. The number of hydrogen-bond acceptors (Lipinski definition) is 3. The zero-order chi connectivity index (χ0) is 17.3. The first-order valence-corrected chi connectivity index (χ1v) is 8.56. The highest BCUT2D eigenvalue weighted by Gasteiger charge is 2.00. The largest absolute Gasteiger partial charge is 0.494 e. The van der Waals surface area contributed by atoms with Gasteiger partial charge in [-0.3, -0.25) is 0 Å². The van der Waals surface area contributed by atoms with Crippen molar-refractivity contribution in [2.75, 3.05) is 11.9 Å². The van der Waals surface area contributed by atoms with Crippen LogP contribution in [0.5, 0.6) is 11.5 Å². The van der Waals surface area contributed by atoms with Crippen LogP contribution in [0, 0.1) is 0 Å². The molecule has 0 aliphatic rings. The van der Waals surface area contributed by atoms with E-state index in [1.54, 1.807) is 0 Å². The first kappa shape index (κ1) is 16.9. The van der Waals surface area contributed by atoms with Crippen LogP contribution in [-0.4, -0.2) is 6.61 Å². The van der Waals surface area contributed by atoms with Crippen molar-refractivity contribution >= 4 is 5.69 Å². The third kappa shape index (κ3) is 5.28. The monoisotopic (exact) mass is 333 g/mol. The van der Waals surface area contributed by atoms with Crippen molar-refractivity contribution in [1.82, 2.24) is 0 Å². The molecule has 0 aromatic heterocycles. The molecule has 0 amide bonds. The van der Waals surface area contributed by atoms with Crippen LogP contribution >= 0.6 is 0 Å². The van der Waals surface area contributed by atoms with E-state index >= 15 is 0 Å². The Morgan fingerprint density at radius 1 is 0.720 bits per heavy atom. The van der Waals surface area contributed by atoms with Gasteiger partial charge in [0.2, 0.25) is 0 Å². The number of nitrogens with one attached hydrogen (secondary N) is 1. The van der Waals surface area contributed by atoms with Crippen LogP contribution in [0.4, 0.5) is 5.69 Å². The van der Waals surface area contributed by atoms with Crippen molar-refractivity contribution < 1.29 is 9.47 Å². The van der Waals surface area contributed by atoms with Gasteiger partial charge in [-0.15, -0.1) is 0 Å². The minimum atomic E-state index is 0.570. The summed E-state index contributed by atoms with van der Waals surface area (Å²) in [4.78, 5) is 0. The SMILES string of the molecule is CCOc1cccc(CNc2cccc(OCc3ccccc3)c2)c1. The summed E-state index contributed by atoms with van der Waals surface area (Å²) in [6.07, 6.45) is 0.